The fraction of sp³-hybridized carbons (Fsp3) is 0.250. The number of nitrogens with two attached hydrogens (primary N) is 1. The minimum atomic E-state index is -0.685. The largest absolute Gasteiger partial charge is 0.334 e. The maximum absolute atomic E-state index is 13.7. The van der Waals surface area contributed by atoms with Crippen molar-refractivity contribution in [3.8, 4) is 0 Å². The van der Waals surface area contributed by atoms with Crippen LogP contribution in [0, 0.1) is 11.6 Å². The molecule has 1 aromatic heterocycles. The van der Waals surface area contributed by atoms with E-state index in [4.69, 9.17) is 5.84 Å². The molecule has 0 aliphatic carbocycles. The van der Waals surface area contributed by atoms with Crippen LogP contribution < -0.4 is 11.3 Å². The monoisotopic (exact) mass is 252 g/mol. The summed E-state index contributed by atoms with van der Waals surface area (Å²) in [6.07, 6.45) is 3.36. The van der Waals surface area contributed by atoms with Gasteiger partial charge in [-0.15, -0.1) is 0 Å². The second-order valence-corrected chi connectivity index (χ2v) is 3.84. The van der Waals surface area contributed by atoms with E-state index in [2.05, 4.69) is 10.4 Å². The minimum Gasteiger partial charge on any atom is -0.334 e. The van der Waals surface area contributed by atoms with Gasteiger partial charge < -0.3 is 4.57 Å². The molecule has 0 radical (unpaired) electrons. The third-order valence-corrected chi connectivity index (χ3v) is 2.78. The summed E-state index contributed by atoms with van der Waals surface area (Å²) in [5, 5.41) is 0. The minimum absolute atomic E-state index is 0.137. The van der Waals surface area contributed by atoms with E-state index in [1.807, 2.05) is 11.5 Å². The Morgan fingerprint density at radius 3 is 2.89 bits per heavy atom. The van der Waals surface area contributed by atoms with E-state index < -0.39 is 17.7 Å². The molecule has 1 heterocycles. The third-order valence-electron chi connectivity index (χ3n) is 2.78. The summed E-state index contributed by atoms with van der Waals surface area (Å²) in [5.41, 5.74) is 2.61. The lowest BCUT2D eigenvalue weighted by Crippen LogP contribution is -2.31. The van der Waals surface area contributed by atoms with Crippen LogP contribution in [0.4, 0.5) is 8.78 Å². The number of hydrazine groups is 1. The zero-order chi connectivity index (χ0) is 13.1. The fourth-order valence-electron chi connectivity index (χ4n) is 1.89. The van der Waals surface area contributed by atoms with E-state index in [1.54, 1.807) is 12.4 Å². The Balaban J connectivity index is 2.48. The molecule has 0 bridgehead atoms. The van der Waals surface area contributed by atoms with Crippen molar-refractivity contribution >= 4 is 0 Å². The molecule has 2 rings (SSSR count). The Morgan fingerprint density at radius 2 is 2.22 bits per heavy atom. The van der Waals surface area contributed by atoms with Crippen LogP contribution in [0.2, 0.25) is 0 Å². The Kier molecular flexibility index (Phi) is 3.69. The number of benzene rings is 1. The SMILES string of the molecule is CCn1ccnc1C(NN)c1cc(F)ccc1F. The van der Waals surface area contributed by atoms with Gasteiger partial charge in [0.25, 0.3) is 0 Å². The Hall–Kier alpha value is -1.79. The van der Waals surface area contributed by atoms with Crippen LogP contribution in [0.1, 0.15) is 24.4 Å². The molecule has 0 aliphatic rings. The molecular formula is C12H14F2N4. The molecule has 6 heteroatoms. The number of aryl methyl sites for hydroxylation is 1. The predicted molar refractivity (Wildman–Crippen MR) is 63.4 cm³/mol. The van der Waals surface area contributed by atoms with Crippen molar-refractivity contribution < 1.29 is 8.78 Å². The molecule has 96 valence electrons. The molecule has 0 spiro atoms. The Labute approximate surface area is 103 Å². The van der Waals surface area contributed by atoms with Gasteiger partial charge in [-0.3, -0.25) is 5.84 Å². The number of hydrogen-bond acceptors (Lipinski definition) is 3. The van der Waals surface area contributed by atoms with Gasteiger partial charge in [-0.2, -0.15) is 0 Å². The topological polar surface area (TPSA) is 55.9 Å². The molecule has 0 saturated carbocycles. The second-order valence-electron chi connectivity index (χ2n) is 3.84. The van der Waals surface area contributed by atoms with Crippen LogP contribution in [-0.2, 0) is 6.54 Å². The highest BCUT2D eigenvalue weighted by atomic mass is 19.1. The number of nitrogens with one attached hydrogen (secondary N) is 1. The first kappa shape index (κ1) is 12.7. The molecule has 4 nitrogen and oxygen atoms in total. The molecule has 1 aromatic carbocycles. The molecule has 0 amide bonds. The first-order valence-corrected chi connectivity index (χ1v) is 5.59. The normalized spacial score (nSPS) is 12.7. The van der Waals surface area contributed by atoms with Gasteiger partial charge in [-0.1, -0.05) is 0 Å². The summed E-state index contributed by atoms with van der Waals surface area (Å²) in [5.74, 6) is 4.96. The van der Waals surface area contributed by atoms with Crippen LogP contribution in [0.3, 0.4) is 0 Å². The van der Waals surface area contributed by atoms with Crippen molar-refractivity contribution in [1.29, 1.82) is 0 Å². The average molecular weight is 252 g/mol. The number of aromatic nitrogens is 2. The lowest BCUT2D eigenvalue weighted by molar-refractivity contribution is 0.515. The van der Waals surface area contributed by atoms with Crippen molar-refractivity contribution in [2.75, 3.05) is 0 Å². The lowest BCUT2D eigenvalue weighted by Gasteiger charge is -2.17. The molecule has 0 saturated heterocycles. The number of imidazole rings is 1. The molecule has 1 unspecified atom stereocenters. The van der Waals surface area contributed by atoms with E-state index >= 15 is 0 Å². The summed E-state index contributed by atoms with van der Waals surface area (Å²) in [6.45, 7) is 2.60. The first-order chi connectivity index (χ1) is 8.67. The van der Waals surface area contributed by atoms with Crippen molar-refractivity contribution in [1.82, 2.24) is 15.0 Å². The highest BCUT2D eigenvalue weighted by Crippen LogP contribution is 2.23. The maximum atomic E-state index is 13.7. The van der Waals surface area contributed by atoms with Crippen molar-refractivity contribution in [3.63, 3.8) is 0 Å². The van der Waals surface area contributed by atoms with Gasteiger partial charge in [-0.05, 0) is 25.1 Å². The van der Waals surface area contributed by atoms with E-state index in [0.29, 0.717) is 12.4 Å². The number of nitrogens with zero attached hydrogens (tertiary/aromatic N) is 2. The summed E-state index contributed by atoms with van der Waals surface area (Å²) in [6, 6.07) is 2.58. The van der Waals surface area contributed by atoms with E-state index in [0.717, 1.165) is 18.2 Å². The standard InChI is InChI=1S/C12H14F2N4/c1-2-18-6-5-16-12(18)11(17-15)9-7-8(13)3-4-10(9)14/h3-7,11,17H,2,15H2,1H3. The average Bonchev–Trinajstić information content (AvgIpc) is 2.83. The van der Waals surface area contributed by atoms with Crippen molar-refractivity contribution in [2.45, 2.75) is 19.5 Å². The molecule has 0 fully saturated rings. The summed E-state index contributed by atoms with van der Waals surface area (Å²) in [4.78, 5) is 4.14. The third kappa shape index (κ3) is 2.25. The highest BCUT2D eigenvalue weighted by Gasteiger charge is 2.21. The highest BCUT2D eigenvalue weighted by molar-refractivity contribution is 5.27. The van der Waals surface area contributed by atoms with Gasteiger partial charge in [0.1, 0.15) is 23.5 Å². The quantitative estimate of drug-likeness (QED) is 0.643. The van der Waals surface area contributed by atoms with Gasteiger partial charge in [0, 0.05) is 24.5 Å². The number of hydrogen-bond donors (Lipinski definition) is 2. The Morgan fingerprint density at radius 1 is 1.44 bits per heavy atom. The van der Waals surface area contributed by atoms with E-state index in [9.17, 15) is 8.78 Å². The van der Waals surface area contributed by atoms with Gasteiger partial charge in [-0.25, -0.2) is 19.2 Å². The van der Waals surface area contributed by atoms with Crippen LogP contribution in [0.25, 0.3) is 0 Å². The van der Waals surface area contributed by atoms with Crippen LogP contribution in [0.15, 0.2) is 30.6 Å². The van der Waals surface area contributed by atoms with Crippen LogP contribution in [0.5, 0.6) is 0 Å². The molecule has 2 aromatic rings. The summed E-state index contributed by atoms with van der Waals surface area (Å²) >= 11 is 0. The molecule has 1 atom stereocenters. The second kappa shape index (κ2) is 5.24. The van der Waals surface area contributed by atoms with Gasteiger partial charge >= 0.3 is 0 Å². The molecule has 18 heavy (non-hydrogen) atoms. The van der Waals surface area contributed by atoms with E-state index in [1.165, 1.54) is 0 Å². The fourth-order valence-corrected chi connectivity index (χ4v) is 1.89. The smallest absolute Gasteiger partial charge is 0.131 e. The molecule has 0 aliphatic heterocycles. The molecule has 3 N–H and O–H groups in total. The van der Waals surface area contributed by atoms with Crippen molar-refractivity contribution in [2.24, 2.45) is 5.84 Å². The Bertz CT molecular complexity index is 539. The van der Waals surface area contributed by atoms with Crippen LogP contribution >= 0.6 is 0 Å². The van der Waals surface area contributed by atoms with Gasteiger partial charge in [0.2, 0.25) is 0 Å². The maximum Gasteiger partial charge on any atom is 0.131 e. The number of halogens is 2. The molecular weight excluding hydrogens is 238 g/mol. The predicted octanol–water partition coefficient (Wildman–Crippen LogP) is 1.73. The zero-order valence-corrected chi connectivity index (χ0v) is 9.90. The van der Waals surface area contributed by atoms with Gasteiger partial charge in [0.15, 0.2) is 0 Å². The van der Waals surface area contributed by atoms with E-state index in [-0.39, 0.29) is 5.56 Å². The summed E-state index contributed by atoms with van der Waals surface area (Å²) in [7, 11) is 0. The van der Waals surface area contributed by atoms with Crippen LogP contribution in [-0.4, -0.2) is 9.55 Å². The first-order valence-electron chi connectivity index (χ1n) is 5.59. The number of rotatable bonds is 4. The summed E-state index contributed by atoms with van der Waals surface area (Å²) < 4.78 is 28.8. The van der Waals surface area contributed by atoms with Gasteiger partial charge in [0.05, 0.1) is 0 Å². The zero-order valence-electron chi connectivity index (χ0n) is 9.90. The van der Waals surface area contributed by atoms with Crippen molar-refractivity contribution in [3.05, 3.63) is 53.6 Å². The lowest BCUT2D eigenvalue weighted by atomic mass is 10.1.